The van der Waals surface area contributed by atoms with Gasteiger partial charge in [-0.1, -0.05) is 36.4 Å². The molecule has 2 aromatic carbocycles. The maximum atomic E-state index is 5.32. The second-order valence-corrected chi connectivity index (χ2v) is 5.30. The molecule has 0 fully saturated rings. The van der Waals surface area contributed by atoms with E-state index in [1.54, 1.807) is 0 Å². The van der Waals surface area contributed by atoms with E-state index in [0.717, 1.165) is 36.8 Å². The van der Waals surface area contributed by atoms with Gasteiger partial charge in [-0.05, 0) is 61.8 Å². The Morgan fingerprint density at radius 1 is 0.542 bits per heavy atom. The summed E-state index contributed by atoms with van der Waals surface area (Å²) in [6, 6.07) is 19.7. The molecule has 0 radical (unpaired) electrons. The van der Waals surface area contributed by atoms with E-state index in [2.05, 4.69) is 24.1 Å². The predicted molar refractivity (Wildman–Crippen MR) is 97.0 cm³/mol. The molecular weight excluding hydrogens is 296 g/mol. The van der Waals surface area contributed by atoms with Gasteiger partial charge in [0.1, 0.15) is 25.4 Å². The summed E-state index contributed by atoms with van der Waals surface area (Å²) in [5, 5.41) is 0. The van der Waals surface area contributed by atoms with Gasteiger partial charge in [-0.15, -0.1) is 0 Å². The molecule has 0 aliphatic carbocycles. The monoisotopic (exact) mass is 318 g/mol. The fourth-order valence-electron chi connectivity index (χ4n) is 2.04. The summed E-state index contributed by atoms with van der Waals surface area (Å²) in [4.78, 5) is 0. The van der Waals surface area contributed by atoms with Crippen LogP contribution in [0.25, 0.3) is 0 Å². The number of unbranched alkanes of at least 4 members (excludes halogenated alkanes) is 3. The van der Waals surface area contributed by atoms with Gasteiger partial charge in [0.2, 0.25) is 0 Å². The zero-order valence-electron chi connectivity index (χ0n) is 13.8. The van der Waals surface area contributed by atoms with E-state index in [4.69, 9.17) is 9.47 Å². The Balaban J connectivity index is 1.43. The summed E-state index contributed by atoms with van der Waals surface area (Å²) >= 11 is 0. The zero-order chi connectivity index (χ0) is 16.7. The van der Waals surface area contributed by atoms with E-state index < -0.39 is 0 Å². The topological polar surface area (TPSA) is 18.5 Å². The first-order valence-electron chi connectivity index (χ1n) is 8.31. The van der Waals surface area contributed by atoms with Crippen LogP contribution in [-0.2, 0) is 9.47 Å². The lowest BCUT2D eigenvalue weighted by atomic mass is 10.2. The lowest BCUT2D eigenvalue weighted by Gasteiger charge is -1.99. The van der Waals surface area contributed by atoms with Crippen molar-refractivity contribution in [2.75, 3.05) is 13.2 Å². The molecule has 0 heterocycles. The lowest BCUT2D eigenvalue weighted by Crippen LogP contribution is -1.91. The average Bonchev–Trinajstić information content (AvgIpc) is 2.64. The van der Waals surface area contributed by atoms with E-state index >= 15 is 0 Å². The minimum absolute atomic E-state index is 0.675. The summed E-state index contributed by atoms with van der Waals surface area (Å²) in [6.07, 6.45) is 9.74. The van der Waals surface area contributed by atoms with Crippen molar-refractivity contribution < 1.29 is 9.47 Å². The first kappa shape index (κ1) is 17.5. The molecule has 0 aliphatic heterocycles. The Morgan fingerprint density at radius 2 is 0.958 bits per heavy atom. The molecule has 2 heteroatoms. The zero-order valence-corrected chi connectivity index (χ0v) is 13.8. The van der Waals surface area contributed by atoms with E-state index in [9.17, 15) is 0 Å². The summed E-state index contributed by atoms with van der Waals surface area (Å²) in [5.74, 6) is 5.95. The van der Waals surface area contributed by atoms with Gasteiger partial charge in [0.05, 0.1) is 0 Å². The summed E-state index contributed by atoms with van der Waals surface area (Å²) in [5.41, 5.74) is 1.96. The second kappa shape index (κ2) is 11.7. The molecule has 0 amide bonds. The maximum Gasteiger partial charge on any atom is 0.115 e. The smallest absolute Gasteiger partial charge is 0.115 e. The normalized spacial score (nSPS) is 9.17. The molecule has 0 unspecified atom stereocenters. The van der Waals surface area contributed by atoms with Crippen molar-refractivity contribution >= 4 is 0 Å². The number of benzene rings is 2. The van der Waals surface area contributed by atoms with Crippen LogP contribution in [-0.4, -0.2) is 13.2 Å². The van der Waals surface area contributed by atoms with Gasteiger partial charge in [-0.3, -0.25) is 0 Å². The van der Waals surface area contributed by atoms with Gasteiger partial charge in [0.25, 0.3) is 0 Å². The molecule has 2 aromatic rings. The Bertz CT molecular complexity index is 621. The largest absolute Gasteiger partial charge is 0.446 e. The highest BCUT2D eigenvalue weighted by Crippen LogP contribution is 2.01. The van der Waals surface area contributed by atoms with Gasteiger partial charge < -0.3 is 9.47 Å². The number of rotatable bonds is 7. The van der Waals surface area contributed by atoms with Crippen molar-refractivity contribution in [3.8, 4) is 24.1 Å². The second-order valence-electron chi connectivity index (χ2n) is 5.30. The first-order valence-corrected chi connectivity index (χ1v) is 8.31. The molecule has 2 rings (SSSR count). The lowest BCUT2D eigenvalue weighted by molar-refractivity contribution is 0.251. The molecule has 0 spiro atoms. The van der Waals surface area contributed by atoms with E-state index in [1.807, 2.05) is 60.7 Å². The molecule has 0 saturated carbocycles. The maximum absolute atomic E-state index is 5.32. The molecule has 24 heavy (non-hydrogen) atoms. The summed E-state index contributed by atoms with van der Waals surface area (Å²) in [7, 11) is 0. The number of hydrogen-bond acceptors (Lipinski definition) is 2. The van der Waals surface area contributed by atoms with Crippen LogP contribution in [0.2, 0.25) is 0 Å². The Hall–Kier alpha value is -2.84. The Kier molecular flexibility index (Phi) is 8.53. The Morgan fingerprint density at radius 3 is 1.38 bits per heavy atom. The van der Waals surface area contributed by atoms with E-state index in [1.165, 1.54) is 0 Å². The molecule has 0 saturated heterocycles. The van der Waals surface area contributed by atoms with Crippen molar-refractivity contribution in [1.29, 1.82) is 0 Å². The minimum Gasteiger partial charge on any atom is -0.446 e. The minimum atomic E-state index is 0.675. The van der Waals surface area contributed by atoms with Gasteiger partial charge in [0.15, 0.2) is 0 Å². The van der Waals surface area contributed by atoms with Gasteiger partial charge >= 0.3 is 0 Å². The quantitative estimate of drug-likeness (QED) is 0.549. The van der Waals surface area contributed by atoms with Gasteiger partial charge in [-0.25, -0.2) is 0 Å². The fourth-order valence-corrected chi connectivity index (χ4v) is 2.04. The highest BCUT2D eigenvalue weighted by Gasteiger charge is 1.91. The van der Waals surface area contributed by atoms with Crippen LogP contribution in [0.15, 0.2) is 60.7 Å². The van der Waals surface area contributed by atoms with Crippen molar-refractivity contribution in [3.05, 3.63) is 71.8 Å². The molecule has 0 aromatic heterocycles. The predicted octanol–water partition coefficient (Wildman–Crippen LogP) is 4.60. The van der Waals surface area contributed by atoms with Crippen LogP contribution in [0.5, 0.6) is 0 Å². The van der Waals surface area contributed by atoms with Crippen LogP contribution >= 0.6 is 0 Å². The molecule has 0 N–H and O–H groups in total. The van der Waals surface area contributed by atoms with Crippen LogP contribution in [0.1, 0.15) is 36.8 Å². The van der Waals surface area contributed by atoms with Crippen LogP contribution in [0.3, 0.4) is 0 Å². The molecule has 0 aliphatic rings. The SMILES string of the molecule is C(#Cc1ccccc1)OCCCCCCOC#Cc1ccccc1. The third kappa shape index (κ3) is 7.97. The fraction of sp³-hybridized carbons (Fsp3) is 0.273. The van der Waals surface area contributed by atoms with Gasteiger partial charge in [-0.2, -0.15) is 0 Å². The van der Waals surface area contributed by atoms with Crippen molar-refractivity contribution in [1.82, 2.24) is 0 Å². The van der Waals surface area contributed by atoms with Crippen molar-refractivity contribution in [2.24, 2.45) is 0 Å². The van der Waals surface area contributed by atoms with E-state index in [0.29, 0.717) is 13.2 Å². The van der Waals surface area contributed by atoms with Crippen LogP contribution in [0, 0.1) is 24.1 Å². The number of ether oxygens (including phenoxy) is 2. The number of hydrogen-bond donors (Lipinski definition) is 0. The molecule has 0 atom stereocenters. The molecular formula is C22H22O2. The van der Waals surface area contributed by atoms with E-state index in [-0.39, 0.29) is 0 Å². The van der Waals surface area contributed by atoms with Crippen molar-refractivity contribution in [2.45, 2.75) is 25.7 Å². The highest BCUT2D eigenvalue weighted by molar-refractivity contribution is 5.32. The summed E-state index contributed by atoms with van der Waals surface area (Å²) in [6.45, 7) is 1.35. The van der Waals surface area contributed by atoms with Gasteiger partial charge in [0, 0.05) is 11.1 Å². The third-order valence-corrected chi connectivity index (χ3v) is 3.33. The van der Waals surface area contributed by atoms with Crippen LogP contribution < -0.4 is 0 Å². The molecule has 0 bridgehead atoms. The Labute approximate surface area is 144 Å². The molecule has 122 valence electrons. The molecule has 2 nitrogen and oxygen atoms in total. The third-order valence-electron chi connectivity index (χ3n) is 3.33. The average molecular weight is 318 g/mol. The highest BCUT2D eigenvalue weighted by atomic mass is 16.5. The summed E-state index contributed by atoms with van der Waals surface area (Å²) < 4.78 is 10.6. The van der Waals surface area contributed by atoms with Crippen molar-refractivity contribution in [3.63, 3.8) is 0 Å². The standard InChI is InChI=1S/C22H22O2/c1(9-17-23-19-15-21-11-5-3-6-12-21)2-10-18-24-20-16-22-13-7-4-8-14-22/h3-8,11-14H,1-2,9-10,17-18H2. The first-order chi connectivity index (χ1) is 11.9. The van der Waals surface area contributed by atoms with Crippen LogP contribution in [0.4, 0.5) is 0 Å².